The molecule has 0 aromatic heterocycles. The number of rotatable bonds is 5. The molecule has 1 aromatic carbocycles. The Labute approximate surface area is 111 Å². The van der Waals surface area contributed by atoms with Crippen LogP contribution in [0.1, 0.15) is 23.2 Å². The van der Waals surface area contributed by atoms with E-state index >= 15 is 0 Å². The van der Waals surface area contributed by atoms with Crippen molar-refractivity contribution < 1.29 is 9.90 Å². The maximum Gasteiger partial charge on any atom is 0.335 e. The quantitative estimate of drug-likeness (QED) is 0.831. The summed E-state index contributed by atoms with van der Waals surface area (Å²) in [5, 5.41) is 9.33. The highest BCUT2D eigenvalue weighted by Crippen LogP contribution is 2.34. The Morgan fingerprint density at radius 3 is 2.78 bits per heavy atom. The molecule has 3 nitrogen and oxygen atoms in total. The van der Waals surface area contributed by atoms with Crippen LogP contribution in [0.3, 0.4) is 0 Å². The van der Waals surface area contributed by atoms with Gasteiger partial charge in [-0.05, 0) is 37.0 Å². The predicted molar refractivity (Wildman–Crippen MR) is 72.2 cm³/mol. The van der Waals surface area contributed by atoms with Crippen molar-refractivity contribution in [1.82, 2.24) is 0 Å². The molecule has 1 aromatic rings. The van der Waals surface area contributed by atoms with Gasteiger partial charge in [-0.3, -0.25) is 0 Å². The maximum absolute atomic E-state index is 10.8. The molecular formula is C14H14ClNO2. The number of anilines is 1. The van der Waals surface area contributed by atoms with Gasteiger partial charge in [0, 0.05) is 6.54 Å². The van der Waals surface area contributed by atoms with Gasteiger partial charge in [0.15, 0.2) is 0 Å². The van der Waals surface area contributed by atoms with Crippen molar-refractivity contribution in [2.45, 2.75) is 12.8 Å². The number of hydrogen-bond donors (Lipinski definition) is 1. The van der Waals surface area contributed by atoms with Crippen molar-refractivity contribution in [1.29, 1.82) is 0 Å². The molecule has 18 heavy (non-hydrogen) atoms. The SMILES string of the molecule is C#CCN(CC1CC1)c1ccc(C(=O)O)cc1Cl. The number of nitrogens with zero attached hydrogens (tertiary/aromatic N) is 1. The molecule has 1 N–H and O–H groups in total. The smallest absolute Gasteiger partial charge is 0.335 e. The van der Waals surface area contributed by atoms with Crippen molar-refractivity contribution in [3.8, 4) is 12.3 Å². The maximum atomic E-state index is 10.8. The monoisotopic (exact) mass is 263 g/mol. The highest BCUT2D eigenvalue weighted by Gasteiger charge is 2.25. The second-order valence-electron chi connectivity index (χ2n) is 4.50. The van der Waals surface area contributed by atoms with E-state index in [1.54, 1.807) is 12.1 Å². The summed E-state index contributed by atoms with van der Waals surface area (Å²) in [5.41, 5.74) is 1.00. The van der Waals surface area contributed by atoms with E-state index in [2.05, 4.69) is 5.92 Å². The molecule has 1 aliphatic carbocycles. The third-order valence-corrected chi connectivity index (χ3v) is 3.30. The number of hydrogen-bond acceptors (Lipinski definition) is 2. The van der Waals surface area contributed by atoms with Crippen molar-refractivity contribution in [3.63, 3.8) is 0 Å². The number of carboxylic acid groups (broad SMARTS) is 1. The first-order valence-electron chi connectivity index (χ1n) is 5.83. The lowest BCUT2D eigenvalue weighted by atomic mass is 10.2. The van der Waals surface area contributed by atoms with Crippen molar-refractivity contribution in [2.75, 3.05) is 18.0 Å². The van der Waals surface area contributed by atoms with Gasteiger partial charge in [0.05, 0.1) is 22.8 Å². The van der Waals surface area contributed by atoms with E-state index in [4.69, 9.17) is 23.1 Å². The third kappa shape index (κ3) is 2.96. The molecule has 0 amide bonds. The van der Waals surface area contributed by atoms with E-state index in [1.165, 1.54) is 18.9 Å². The minimum atomic E-state index is -0.978. The number of carbonyl (C=O) groups is 1. The van der Waals surface area contributed by atoms with Crippen LogP contribution in [0.15, 0.2) is 18.2 Å². The van der Waals surface area contributed by atoms with Crippen LogP contribution in [0.2, 0.25) is 5.02 Å². The second-order valence-corrected chi connectivity index (χ2v) is 4.91. The molecule has 0 saturated heterocycles. The molecule has 1 aliphatic rings. The minimum absolute atomic E-state index is 0.191. The molecule has 2 rings (SSSR count). The third-order valence-electron chi connectivity index (χ3n) is 2.99. The standard InChI is InChI=1S/C14H14ClNO2/c1-2-7-16(9-10-3-4-10)13-6-5-11(14(17)18)8-12(13)15/h1,5-6,8,10H,3-4,7,9H2,(H,17,18). The lowest BCUT2D eigenvalue weighted by Gasteiger charge is -2.23. The van der Waals surface area contributed by atoms with E-state index < -0.39 is 5.97 Å². The summed E-state index contributed by atoms with van der Waals surface area (Å²) in [7, 11) is 0. The van der Waals surface area contributed by atoms with Crippen molar-refractivity contribution in [2.24, 2.45) is 5.92 Å². The Morgan fingerprint density at radius 1 is 1.56 bits per heavy atom. The summed E-state index contributed by atoms with van der Waals surface area (Å²) >= 11 is 6.13. The molecule has 1 fully saturated rings. The number of halogens is 1. The molecule has 94 valence electrons. The number of benzene rings is 1. The summed E-state index contributed by atoms with van der Waals surface area (Å²) < 4.78 is 0. The van der Waals surface area contributed by atoms with Crippen LogP contribution >= 0.6 is 11.6 Å². The first-order chi connectivity index (χ1) is 8.61. The zero-order valence-corrected chi connectivity index (χ0v) is 10.7. The van der Waals surface area contributed by atoms with Gasteiger partial charge in [0.1, 0.15) is 0 Å². The minimum Gasteiger partial charge on any atom is -0.478 e. The molecule has 0 heterocycles. The van der Waals surface area contributed by atoms with Gasteiger partial charge in [0.2, 0.25) is 0 Å². The average Bonchev–Trinajstić information content (AvgIpc) is 3.12. The van der Waals surface area contributed by atoms with E-state index in [0.29, 0.717) is 17.5 Å². The molecule has 0 bridgehead atoms. The molecule has 0 radical (unpaired) electrons. The Kier molecular flexibility index (Phi) is 3.78. The Balaban J connectivity index is 2.23. The van der Waals surface area contributed by atoms with Crippen LogP contribution in [0.4, 0.5) is 5.69 Å². The fourth-order valence-electron chi connectivity index (χ4n) is 1.87. The fraction of sp³-hybridized carbons (Fsp3) is 0.357. The summed E-state index contributed by atoms with van der Waals surface area (Å²) in [6, 6.07) is 4.75. The van der Waals surface area contributed by atoms with Gasteiger partial charge in [-0.2, -0.15) is 0 Å². The largest absolute Gasteiger partial charge is 0.478 e. The normalized spacial score (nSPS) is 14.0. The number of carboxylic acids is 1. The van der Waals surface area contributed by atoms with Gasteiger partial charge in [-0.15, -0.1) is 6.42 Å². The molecule has 4 heteroatoms. The molecule has 0 spiro atoms. The Morgan fingerprint density at radius 2 is 2.28 bits per heavy atom. The van der Waals surface area contributed by atoms with Crippen LogP contribution in [0.5, 0.6) is 0 Å². The highest BCUT2D eigenvalue weighted by molar-refractivity contribution is 6.33. The van der Waals surface area contributed by atoms with Crippen molar-refractivity contribution in [3.05, 3.63) is 28.8 Å². The highest BCUT2D eigenvalue weighted by atomic mass is 35.5. The summed E-state index contributed by atoms with van der Waals surface area (Å²) in [4.78, 5) is 12.9. The van der Waals surface area contributed by atoms with Crippen molar-refractivity contribution >= 4 is 23.3 Å². The van der Waals surface area contributed by atoms with Crippen LogP contribution in [-0.4, -0.2) is 24.2 Å². The predicted octanol–water partition coefficient (Wildman–Crippen LogP) is 2.89. The van der Waals surface area contributed by atoms with Gasteiger partial charge >= 0.3 is 5.97 Å². The van der Waals surface area contributed by atoms with Crippen LogP contribution in [-0.2, 0) is 0 Å². The summed E-state index contributed by atoms with van der Waals surface area (Å²) in [6.07, 6.45) is 7.82. The average molecular weight is 264 g/mol. The lowest BCUT2D eigenvalue weighted by molar-refractivity contribution is 0.0697. The molecule has 0 atom stereocenters. The van der Waals surface area contributed by atoms with E-state index in [-0.39, 0.29) is 5.56 Å². The zero-order valence-electron chi connectivity index (χ0n) is 9.90. The zero-order chi connectivity index (χ0) is 13.1. The van der Waals surface area contributed by atoms with Gasteiger partial charge in [-0.25, -0.2) is 4.79 Å². The second kappa shape index (κ2) is 5.32. The van der Waals surface area contributed by atoms with Gasteiger partial charge in [0.25, 0.3) is 0 Å². The van der Waals surface area contributed by atoms with Gasteiger partial charge in [-0.1, -0.05) is 17.5 Å². The van der Waals surface area contributed by atoms with Crippen LogP contribution in [0, 0.1) is 18.3 Å². The van der Waals surface area contributed by atoms with E-state index in [9.17, 15) is 4.79 Å². The molecule has 0 aliphatic heterocycles. The summed E-state index contributed by atoms with van der Waals surface area (Å²) in [6.45, 7) is 1.37. The number of terminal acetylenes is 1. The number of aromatic carboxylic acids is 1. The first kappa shape index (κ1) is 12.8. The molecular weight excluding hydrogens is 250 g/mol. The van der Waals surface area contributed by atoms with Crippen LogP contribution < -0.4 is 4.90 Å². The van der Waals surface area contributed by atoms with Crippen LogP contribution in [0.25, 0.3) is 0 Å². The lowest BCUT2D eigenvalue weighted by Crippen LogP contribution is -2.26. The van der Waals surface area contributed by atoms with E-state index in [0.717, 1.165) is 12.2 Å². The fourth-order valence-corrected chi connectivity index (χ4v) is 2.17. The Hall–Kier alpha value is -1.66. The topological polar surface area (TPSA) is 40.5 Å². The summed E-state index contributed by atoms with van der Waals surface area (Å²) in [5.74, 6) is 2.33. The van der Waals surface area contributed by atoms with E-state index in [1.807, 2.05) is 4.90 Å². The molecule has 1 saturated carbocycles. The Bertz CT molecular complexity index is 503. The molecule has 0 unspecified atom stereocenters. The first-order valence-corrected chi connectivity index (χ1v) is 6.21. The van der Waals surface area contributed by atoms with Gasteiger partial charge < -0.3 is 10.0 Å².